The summed E-state index contributed by atoms with van der Waals surface area (Å²) in [5.41, 5.74) is 14.4. The van der Waals surface area contributed by atoms with Crippen molar-refractivity contribution in [3.8, 4) is 11.1 Å². The number of benzene rings is 2. The molecule has 0 atom stereocenters. The van der Waals surface area contributed by atoms with Crippen LogP contribution in [0.2, 0.25) is 0 Å². The Labute approximate surface area is 178 Å². The monoisotopic (exact) mass is 418 g/mol. The lowest BCUT2D eigenvalue weighted by Gasteiger charge is -2.09. The predicted octanol–water partition coefficient (Wildman–Crippen LogP) is 2.33. The molecule has 158 valence electrons. The number of anilines is 3. The molecule has 10 nitrogen and oxygen atoms in total. The molecule has 0 unspecified atom stereocenters. The van der Waals surface area contributed by atoms with Crippen LogP contribution in [0.25, 0.3) is 11.1 Å². The van der Waals surface area contributed by atoms with Gasteiger partial charge in [-0.25, -0.2) is 14.8 Å². The van der Waals surface area contributed by atoms with E-state index in [2.05, 4.69) is 30.9 Å². The molecule has 1 aromatic heterocycles. The number of aliphatic imine (C=N–C) groups is 1. The van der Waals surface area contributed by atoms with E-state index in [-0.39, 0.29) is 18.4 Å². The van der Waals surface area contributed by atoms with E-state index < -0.39 is 6.03 Å². The number of hydrogen-bond donors (Lipinski definition) is 5. The van der Waals surface area contributed by atoms with Crippen molar-refractivity contribution in [2.75, 3.05) is 10.6 Å². The minimum atomic E-state index is -0.605. The van der Waals surface area contributed by atoms with Crippen molar-refractivity contribution in [3.05, 3.63) is 66.5 Å². The number of guanidine groups is 1. The highest BCUT2D eigenvalue weighted by Gasteiger charge is 2.05. The number of urea groups is 1. The maximum absolute atomic E-state index is 11.5. The van der Waals surface area contributed by atoms with E-state index in [1.807, 2.05) is 36.4 Å². The van der Waals surface area contributed by atoms with Crippen LogP contribution < -0.4 is 27.4 Å². The first kappa shape index (κ1) is 21.2. The summed E-state index contributed by atoms with van der Waals surface area (Å²) in [5, 5.41) is 8.44. The normalized spacial score (nSPS) is 10.1. The van der Waals surface area contributed by atoms with E-state index in [0.717, 1.165) is 22.4 Å². The zero-order valence-electron chi connectivity index (χ0n) is 16.8. The van der Waals surface area contributed by atoms with E-state index in [9.17, 15) is 9.59 Å². The van der Waals surface area contributed by atoms with Crippen molar-refractivity contribution in [1.82, 2.24) is 15.3 Å². The molecule has 0 bridgehead atoms. The molecule has 0 fully saturated rings. The Morgan fingerprint density at radius 2 is 1.68 bits per heavy atom. The van der Waals surface area contributed by atoms with Crippen LogP contribution in [0.4, 0.5) is 22.1 Å². The first-order valence-electron chi connectivity index (χ1n) is 9.32. The first-order chi connectivity index (χ1) is 14.9. The number of rotatable bonds is 6. The summed E-state index contributed by atoms with van der Waals surface area (Å²) in [4.78, 5) is 34.9. The number of nitrogens with two attached hydrogens (primary N) is 2. The zero-order valence-corrected chi connectivity index (χ0v) is 16.8. The van der Waals surface area contributed by atoms with Crippen LogP contribution in [0.3, 0.4) is 0 Å². The Morgan fingerprint density at radius 3 is 2.39 bits per heavy atom. The van der Waals surface area contributed by atoms with Crippen molar-refractivity contribution >= 4 is 35.2 Å². The topological polar surface area (TPSA) is 160 Å². The lowest BCUT2D eigenvalue weighted by Crippen LogP contribution is -2.28. The fraction of sp³-hybridized carbons (Fsp3) is 0.0952. The van der Waals surface area contributed by atoms with E-state index in [1.54, 1.807) is 24.5 Å². The number of hydrogen-bond acceptors (Lipinski definition) is 5. The van der Waals surface area contributed by atoms with E-state index in [4.69, 9.17) is 11.5 Å². The zero-order chi connectivity index (χ0) is 22.2. The summed E-state index contributed by atoms with van der Waals surface area (Å²) in [6.45, 7) is 1.73. The molecule has 3 aromatic rings. The quantitative estimate of drug-likeness (QED) is 0.303. The van der Waals surface area contributed by atoms with Gasteiger partial charge >= 0.3 is 6.03 Å². The van der Waals surface area contributed by atoms with Crippen LogP contribution in [0.1, 0.15) is 12.5 Å². The highest BCUT2D eigenvalue weighted by molar-refractivity contribution is 5.90. The van der Waals surface area contributed by atoms with Crippen LogP contribution in [0.5, 0.6) is 0 Å². The number of aromatic nitrogens is 2. The largest absolute Gasteiger partial charge is 0.370 e. The van der Waals surface area contributed by atoms with E-state index in [0.29, 0.717) is 11.6 Å². The Morgan fingerprint density at radius 1 is 0.968 bits per heavy atom. The molecule has 7 N–H and O–H groups in total. The van der Waals surface area contributed by atoms with Gasteiger partial charge in [0.2, 0.25) is 11.9 Å². The third-order valence-electron chi connectivity index (χ3n) is 4.03. The molecule has 0 aliphatic carbocycles. The Balaban J connectivity index is 1.67. The Bertz CT molecular complexity index is 1110. The number of carbonyl (C=O) groups is 2. The maximum atomic E-state index is 11.5. The van der Waals surface area contributed by atoms with Crippen LogP contribution in [-0.4, -0.2) is 27.9 Å². The van der Waals surface area contributed by atoms with Gasteiger partial charge < -0.3 is 27.4 Å². The standard InChI is InChI=1S/C21H22N8O2/c1-13(30)27-17-6-3-7-18(9-17)28-20-24-11-16(12-25-20)15-5-2-4-14(8-15)10-26-21(31)29-19(22)23/h2-9,11-12H,10H2,1H3,(H,27,30)(H,24,25,28)(H5,22,23,26,29,31). The molecule has 0 saturated heterocycles. The molecule has 10 heteroatoms. The first-order valence-corrected chi connectivity index (χ1v) is 9.32. The lowest BCUT2D eigenvalue weighted by molar-refractivity contribution is -0.114. The predicted molar refractivity (Wildman–Crippen MR) is 120 cm³/mol. The van der Waals surface area contributed by atoms with Gasteiger partial charge in [-0.05, 0) is 35.4 Å². The summed E-state index contributed by atoms with van der Waals surface area (Å²) in [6, 6.07) is 14.2. The van der Waals surface area contributed by atoms with Gasteiger partial charge in [0.15, 0.2) is 5.96 Å². The van der Waals surface area contributed by atoms with Gasteiger partial charge in [0.25, 0.3) is 0 Å². The SMILES string of the molecule is CC(=O)Nc1cccc(Nc2ncc(-c3cccc(CNC(=O)N=C(N)N)c3)cn2)c1. The van der Waals surface area contributed by atoms with Crippen LogP contribution >= 0.6 is 0 Å². The highest BCUT2D eigenvalue weighted by atomic mass is 16.2. The summed E-state index contributed by atoms with van der Waals surface area (Å²) in [7, 11) is 0. The van der Waals surface area contributed by atoms with Crippen molar-refractivity contribution < 1.29 is 9.59 Å². The minimum absolute atomic E-state index is 0.143. The van der Waals surface area contributed by atoms with Crippen LogP contribution in [0, 0.1) is 0 Å². The van der Waals surface area contributed by atoms with Crippen molar-refractivity contribution in [3.63, 3.8) is 0 Å². The smallest absolute Gasteiger partial charge is 0.344 e. The summed E-state index contributed by atoms with van der Waals surface area (Å²) >= 11 is 0. The molecular formula is C21H22N8O2. The molecule has 0 spiro atoms. The molecular weight excluding hydrogens is 396 g/mol. The second-order valence-corrected chi connectivity index (χ2v) is 6.58. The van der Waals surface area contributed by atoms with Crippen LogP contribution in [-0.2, 0) is 11.3 Å². The summed E-state index contributed by atoms with van der Waals surface area (Å²) in [5.74, 6) is -0.0147. The molecule has 2 aromatic carbocycles. The number of amides is 3. The molecule has 3 rings (SSSR count). The average Bonchev–Trinajstić information content (AvgIpc) is 2.72. The van der Waals surface area contributed by atoms with E-state index >= 15 is 0 Å². The molecule has 0 saturated carbocycles. The van der Waals surface area contributed by atoms with Crippen molar-refractivity contribution in [1.29, 1.82) is 0 Å². The van der Waals surface area contributed by atoms with Gasteiger partial charge in [-0.2, -0.15) is 4.99 Å². The Kier molecular flexibility index (Phi) is 6.74. The van der Waals surface area contributed by atoms with Gasteiger partial charge in [-0.1, -0.05) is 24.3 Å². The fourth-order valence-electron chi connectivity index (χ4n) is 2.74. The number of nitrogens with zero attached hydrogens (tertiary/aromatic N) is 3. The minimum Gasteiger partial charge on any atom is -0.370 e. The summed E-state index contributed by atoms with van der Waals surface area (Å²) in [6.07, 6.45) is 3.40. The average molecular weight is 418 g/mol. The third kappa shape index (κ3) is 6.53. The van der Waals surface area contributed by atoms with E-state index in [1.165, 1.54) is 6.92 Å². The lowest BCUT2D eigenvalue weighted by atomic mass is 10.1. The molecule has 31 heavy (non-hydrogen) atoms. The van der Waals surface area contributed by atoms with Gasteiger partial charge in [0.1, 0.15) is 0 Å². The second kappa shape index (κ2) is 9.83. The van der Waals surface area contributed by atoms with Gasteiger partial charge in [0.05, 0.1) is 0 Å². The highest BCUT2D eigenvalue weighted by Crippen LogP contribution is 2.22. The third-order valence-corrected chi connectivity index (χ3v) is 4.03. The molecule has 1 heterocycles. The maximum Gasteiger partial charge on any atom is 0.344 e. The number of carbonyl (C=O) groups excluding carboxylic acids is 2. The van der Waals surface area contributed by atoms with Gasteiger partial charge in [0, 0.05) is 42.8 Å². The van der Waals surface area contributed by atoms with Gasteiger partial charge in [-0.3, -0.25) is 4.79 Å². The molecule has 3 amide bonds. The Hall–Kier alpha value is -4.47. The van der Waals surface area contributed by atoms with Crippen molar-refractivity contribution in [2.45, 2.75) is 13.5 Å². The van der Waals surface area contributed by atoms with Crippen LogP contribution in [0.15, 0.2) is 65.9 Å². The molecule has 0 aliphatic heterocycles. The molecule has 0 aliphatic rings. The second-order valence-electron chi connectivity index (χ2n) is 6.58. The molecule has 0 radical (unpaired) electrons. The van der Waals surface area contributed by atoms with Crippen molar-refractivity contribution in [2.24, 2.45) is 16.5 Å². The number of nitrogens with one attached hydrogen (secondary N) is 3. The van der Waals surface area contributed by atoms with Gasteiger partial charge in [-0.15, -0.1) is 0 Å². The fourth-order valence-corrected chi connectivity index (χ4v) is 2.74. The summed E-state index contributed by atoms with van der Waals surface area (Å²) < 4.78 is 0.